The van der Waals surface area contributed by atoms with E-state index in [-0.39, 0.29) is 0 Å². The molecule has 0 aromatic heterocycles. The van der Waals surface area contributed by atoms with Crippen LogP contribution in [0, 0.1) is 11.3 Å². The van der Waals surface area contributed by atoms with Crippen molar-refractivity contribution < 1.29 is 28.9 Å². The SMILES string of the molecule is CC1(C)OCC[C@@]2(O)C3CC(OC3=O)[C@@H](OC=O)[C@@]12C. The average molecular weight is 284 g/mol. The van der Waals surface area contributed by atoms with E-state index in [2.05, 4.69) is 0 Å². The molecule has 3 aliphatic rings. The second-order valence-corrected chi connectivity index (χ2v) is 6.65. The van der Waals surface area contributed by atoms with Crippen LogP contribution in [0.3, 0.4) is 0 Å². The third-order valence-electron chi connectivity index (χ3n) is 5.80. The summed E-state index contributed by atoms with van der Waals surface area (Å²) in [5, 5.41) is 11.3. The molecule has 6 nitrogen and oxygen atoms in total. The molecule has 3 rings (SSSR count). The molecular formula is C14H20O6. The second-order valence-electron chi connectivity index (χ2n) is 6.65. The number of rotatable bonds is 2. The molecule has 6 heteroatoms. The number of ether oxygens (including phenoxy) is 3. The van der Waals surface area contributed by atoms with Gasteiger partial charge in [-0.3, -0.25) is 9.59 Å². The number of aliphatic hydroxyl groups is 1. The predicted molar refractivity (Wildman–Crippen MR) is 66.6 cm³/mol. The lowest BCUT2D eigenvalue weighted by molar-refractivity contribution is -0.305. The molecule has 2 unspecified atom stereocenters. The van der Waals surface area contributed by atoms with E-state index >= 15 is 0 Å². The molecule has 2 saturated heterocycles. The molecule has 2 heterocycles. The van der Waals surface area contributed by atoms with E-state index in [1.807, 2.05) is 20.8 Å². The van der Waals surface area contributed by atoms with E-state index in [9.17, 15) is 14.7 Å². The summed E-state index contributed by atoms with van der Waals surface area (Å²) in [4.78, 5) is 22.9. The van der Waals surface area contributed by atoms with Gasteiger partial charge in [0.2, 0.25) is 0 Å². The standard InChI is InChI=1S/C14H20O6/c1-12(2)13(3)10(18-7-15)9-6-8(11(16)20-9)14(13,17)4-5-19-12/h7-10,17H,4-6H2,1-3H3/t8?,9?,10-,13+,14-/m1/s1. The van der Waals surface area contributed by atoms with Crippen molar-refractivity contribution in [3.05, 3.63) is 0 Å². The van der Waals surface area contributed by atoms with Crippen LogP contribution in [-0.2, 0) is 23.8 Å². The lowest BCUT2D eigenvalue weighted by atomic mass is 9.50. The molecular weight excluding hydrogens is 264 g/mol. The molecule has 0 amide bonds. The fourth-order valence-electron chi connectivity index (χ4n) is 4.36. The number of hydrogen-bond donors (Lipinski definition) is 1. The Kier molecular flexibility index (Phi) is 2.73. The van der Waals surface area contributed by atoms with Crippen molar-refractivity contribution in [3.8, 4) is 0 Å². The molecule has 1 saturated carbocycles. The van der Waals surface area contributed by atoms with Crippen LogP contribution < -0.4 is 0 Å². The first-order valence-corrected chi connectivity index (χ1v) is 6.94. The summed E-state index contributed by atoms with van der Waals surface area (Å²) in [7, 11) is 0. The molecule has 3 fully saturated rings. The number of hydrogen-bond acceptors (Lipinski definition) is 6. The van der Waals surface area contributed by atoms with Crippen molar-refractivity contribution in [2.75, 3.05) is 6.61 Å². The monoisotopic (exact) mass is 284 g/mol. The van der Waals surface area contributed by atoms with Crippen LogP contribution in [0.4, 0.5) is 0 Å². The van der Waals surface area contributed by atoms with Gasteiger partial charge in [0.05, 0.1) is 29.1 Å². The van der Waals surface area contributed by atoms with Gasteiger partial charge in [0, 0.05) is 12.8 Å². The highest BCUT2D eigenvalue weighted by Crippen LogP contribution is 2.61. The number of carbonyl (C=O) groups is 2. The van der Waals surface area contributed by atoms with Crippen LogP contribution in [0.5, 0.6) is 0 Å². The first-order valence-electron chi connectivity index (χ1n) is 6.94. The predicted octanol–water partition coefficient (Wildman–Crippen LogP) is 0.410. The molecule has 112 valence electrons. The summed E-state index contributed by atoms with van der Waals surface area (Å²) in [5.74, 6) is -0.981. The van der Waals surface area contributed by atoms with E-state index < -0.39 is 40.7 Å². The fraction of sp³-hybridized carbons (Fsp3) is 0.857. The van der Waals surface area contributed by atoms with Gasteiger partial charge >= 0.3 is 5.97 Å². The van der Waals surface area contributed by atoms with Crippen LogP contribution in [0.15, 0.2) is 0 Å². The van der Waals surface area contributed by atoms with Crippen molar-refractivity contribution in [1.82, 2.24) is 0 Å². The Morgan fingerprint density at radius 3 is 2.75 bits per heavy atom. The summed E-state index contributed by atoms with van der Waals surface area (Å²) in [5.41, 5.74) is -2.93. The highest BCUT2D eigenvalue weighted by Gasteiger charge is 2.74. The molecule has 1 N–H and O–H groups in total. The van der Waals surface area contributed by atoms with E-state index in [0.717, 1.165) is 0 Å². The van der Waals surface area contributed by atoms with E-state index in [0.29, 0.717) is 25.9 Å². The average Bonchev–Trinajstić information content (AvgIpc) is 2.71. The highest BCUT2D eigenvalue weighted by atomic mass is 16.6. The van der Waals surface area contributed by atoms with Gasteiger partial charge < -0.3 is 19.3 Å². The zero-order valence-corrected chi connectivity index (χ0v) is 11.9. The Morgan fingerprint density at radius 2 is 2.10 bits per heavy atom. The molecule has 0 aromatic carbocycles. The van der Waals surface area contributed by atoms with Crippen molar-refractivity contribution >= 4 is 12.4 Å². The summed E-state index contributed by atoms with van der Waals surface area (Å²) in [6, 6.07) is 0. The first-order chi connectivity index (χ1) is 9.28. The molecule has 0 spiro atoms. The highest BCUT2D eigenvalue weighted by molar-refractivity contribution is 5.77. The third-order valence-corrected chi connectivity index (χ3v) is 5.80. The maximum atomic E-state index is 12.1. The van der Waals surface area contributed by atoms with Crippen molar-refractivity contribution in [1.29, 1.82) is 0 Å². The van der Waals surface area contributed by atoms with E-state index in [4.69, 9.17) is 14.2 Å². The van der Waals surface area contributed by atoms with Gasteiger partial charge in [0.1, 0.15) is 12.2 Å². The third kappa shape index (κ3) is 1.36. The zero-order valence-electron chi connectivity index (χ0n) is 11.9. The van der Waals surface area contributed by atoms with E-state index in [1.165, 1.54) is 0 Å². The molecule has 2 bridgehead atoms. The van der Waals surface area contributed by atoms with Crippen LogP contribution in [0.1, 0.15) is 33.6 Å². The maximum absolute atomic E-state index is 12.1. The van der Waals surface area contributed by atoms with Crippen LogP contribution in [0.2, 0.25) is 0 Å². The Morgan fingerprint density at radius 1 is 1.40 bits per heavy atom. The smallest absolute Gasteiger partial charge is 0.312 e. The lowest BCUT2D eigenvalue weighted by Crippen LogP contribution is -2.74. The van der Waals surface area contributed by atoms with Crippen LogP contribution >= 0.6 is 0 Å². The summed E-state index contributed by atoms with van der Waals surface area (Å²) in [6.07, 6.45) is -0.496. The molecule has 0 aromatic rings. The minimum absolute atomic E-state index is 0.331. The number of fused-ring (bicyclic) bond motifs is 4. The molecule has 2 aliphatic heterocycles. The van der Waals surface area contributed by atoms with Crippen molar-refractivity contribution in [2.45, 2.75) is 57.0 Å². The van der Waals surface area contributed by atoms with Gasteiger partial charge in [-0.15, -0.1) is 0 Å². The lowest BCUT2D eigenvalue weighted by Gasteiger charge is -2.62. The molecule has 20 heavy (non-hydrogen) atoms. The van der Waals surface area contributed by atoms with Crippen LogP contribution in [0.25, 0.3) is 0 Å². The van der Waals surface area contributed by atoms with Gasteiger partial charge in [-0.05, 0) is 13.8 Å². The Hall–Kier alpha value is -1.14. The maximum Gasteiger partial charge on any atom is 0.312 e. The van der Waals surface area contributed by atoms with E-state index in [1.54, 1.807) is 0 Å². The second kappa shape index (κ2) is 3.95. The Labute approximate surface area is 117 Å². The normalized spacial score (nSPS) is 49.2. The largest absolute Gasteiger partial charge is 0.460 e. The van der Waals surface area contributed by atoms with Crippen LogP contribution in [-0.4, -0.2) is 47.6 Å². The molecule has 5 atom stereocenters. The summed E-state index contributed by atoms with van der Waals surface area (Å²) in [6.45, 7) is 6.25. The number of carbonyl (C=O) groups excluding carboxylic acids is 2. The Balaban J connectivity index is 2.17. The first kappa shape index (κ1) is 13.8. The molecule has 1 aliphatic carbocycles. The quantitative estimate of drug-likeness (QED) is 0.584. The van der Waals surface area contributed by atoms with Crippen molar-refractivity contribution in [3.63, 3.8) is 0 Å². The number of esters is 1. The fourth-order valence-corrected chi connectivity index (χ4v) is 4.36. The van der Waals surface area contributed by atoms with Crippen molar-refractivity contribution in [2.24, 2.45) is 11.3 Å². The zero-order chi connectivity index (χ0) is 14.8. The summed E-state index contributed by atoms with van der Waals surface area (Å²) < 4.78 is 16.4. The minimum atomic E-state index is -1.29. The van der Waals surface area contributed by atoms with Gasteiger partial charge in [-0.25, -0.2) is 0 Å². The van der Waals surface area contributed by atoms with Gasteiger partial charge in [-0.1, -0.05) is 6.92 Å². The summed E-state index contributed by atoms with van der Waals surface area (Å²) >= 11 is 0. The van der Waals surface area contributed by atoms with Gasteiger partial charge in [0.25, 0.3) is 6.47 Å². The Bertz CT molecular complexity index is 461. The topological polar surface area (TPSA) is 82.1 Å². The molecule has 0 radical (unpaired) electrons. The van der Waals surface area contributed by atoms with Gasteiger partial charge in [0.15, 0.2) is 0 Å². The minimum Gasteiger partial charge on any atom is -0.460 e. The van der Waals surface area contributed by atoms with Gasteiger partial charge in [-0.2, -0.15) is 0 Å².